The van der Waals surface area contributed by atoms with Crippen LogP contribution in [0.5, 0.6) is 0 Å². The minimum absolute atomic E-state index is 0.0396. The first-order chi connectivity index (χ1) is 11.0. The van der Waals surface area contributed by atoms with Crippen LogP contribution in [-0.2, 0) is 11.2 Å². The zero-order chi connectivity index (χ0) is 16.6. The van der Waals surface area contributed by atoms with Gasteiger partial charge in [-0.05, 0) is 42.5 Å². The Morgan fingerprint density at radius 2 is 2.17 bits per heavy atom. The number of urea groups is 1. The van der Waals surface area contributed by atoms with Crippen LogP contribution in [0.25, 0.3) is 0 Å². The maximum Gasteiger partial charge on any atom is 0.323 e. The van der Waals surface area contributed by atoms with Gasteiger partial charge in [-0.1, -0.05) is 12.6 Å². The predicted octanol–water partition coefficient (Wildman–Crippen LogP) is 1.32. The lowest BCUT2D eigenvalue weighted by Crippen LogP contribution is -2.47. The molecule has 7 heteroatoms. The molecule has 0 saturated carbocycles. The number of hydrogen-bond acceptors (Lipinski definition) is 3. The van der Waals surface area contributed by atoms with Gasteiger partial charge in [0.15, 0.2) is 0 Å². The normalized spacial score (nSPS) is 20.5. The van der Waals surface area contributed by atoms with E-state index in [0.717, 1.165) is 24.0 Å². The quantitative estimate of drug-likeness (QED) is 0.662. The lowest BCUT2D eigenvalue weighted by atomic mass is 9.87. The van der Waals surface area contributed by atoms with E-state index in [2.05, 4.69) is 22.5 Å². The first-order valence-corrected chi connectivity index (χ1v) is 7.32. The van der Waals surface area contributed by atoms with Gasteiger partial charge in [-0.3, -0.25) is 4.79 Å². The lowest BCUT2D eigenvalue weighted by molar-refractivity contribution is -0.118. The average molecular weight is 316 g/mol. The molecule has 3 amide bonds. The minimum Gasteiger partial charge on any atom is -0.395 e. The summed E-state index contributed by atoms with van der Waals surface area (Å²) in [5.74, 6) is -0.854. The summed E-state index contributed by atoms with van der Waals surface area (Å²) in [5.41, 5.74) is 7.79. The first kappa shape index (κ1) is 15.1. The van der Waals surface area contributed by atoms with Crippen molar-refractivity contribution in [3.63, 3.8) is 0 Å². The SMILES string of the molecule is C=C1NC(=O)NC(C(=O)N[C@H]2CCCc3ccc(F)cc32)=C1N. The average Bonchev–Trinajstić information content (AvgIpc) is 2.51. The van der Waals surface area contributed by atoms with Crippen LogP contribution in [0.15, 0.2) is 41.9 Å². The number of fused-ring (bicyclic) bond motifs is 1. The van der Waals surface area contributed by atoms with E-state index in [4.69, 9.17) is 5.73 Å². The highest BCUT2D eigenvalue weighted by Crippen LogP contribution is 2.30. The summed E-state index contributed by atoms with van der Waals surface area (Å²) in [6.07, 6.45) is 2.44. The molecule has 0 unspecified atom stereocenters. The number of hydrogen-bond donors (Lipinski definition) is 4. The van der Waals surface area contributed by atoms with Crippen LogP contribution in [0, 0.1) is 5.82 Å². The van der Waals surface area contributed by atoms with Crippen LogP contribution in [0.2, 0.25) is 0 Å². The number of nitrogens with one attached hydrogen (secondary N) is 3. The molecule has 1 aromatic carbocycles. The highest BCUT2D eigenvalue weighted by molar-refractivity contribution is 6.00. The molecule has 23 heavy (non-hydrogen) atoms. The molecule has 3 rings (SSSR count). The number of nitrogens with two attached hydrogens (primary N) is 1. The van der Waals surface area contributed by atoms with Crippen LogP contribution < -0.4 is 21.7 Å². The summed E-state index contributed by atoms with van der Waals surface area (Å²) in [7, 11) is 0. The lowest BCUT2D eigenvalue weighted by Gasteiger charge is -2.28. The molecule has 1 aromatic rings. The molecule has 0 saturated heterocycles. The van der Waals surface area contributed by atoms with Gasteiger partial charge >= 0.3 is 6.03 Å². The van der Waals surface area contributed by atoms with E-state index in [1.54, 1.807) is 6.07 Å². The zero-order valence-corrected chi connectivity index (χ0v) is 12.4. The predicted molar refractivity (Wildman–Crippen MR) is 82.2 cm³/mol. The standard InChI is InChI=1S/C16H17FN4O2/c1-8-13(18)14(21-16(23)19-8)15(22)20-12-4-2-3-9-5-6-10(17)7-11(9)12/h5-7,12H,1-4,18H2,(H,20,22)(H2,19,21,23)/t12-/m0/s1. The van der Waals surface area contributed by atoms with Gasteiger partial charge in [0, 0.05) is 0 Å². The van der Waals surface area contributed by atoms with Crippen molar-refractivity contribution >= 4 is 11.9 Å². The van der Waals surface area contributed by atoms with E-state index in [9.17, 15) is 14.0 Å². The van der Waals surface area contributed by atoms with Gasteiger partial charge in [0.05, 0.1) is 17.4 Å². The van der Waals surface area contributed by atoms with Gasteiger partial charge in [0.2, 0.25) is 0 Å². The molecule has 1 heterocycles. The van der Waals surface area contributed by atoms with Gasteiger partial charge in [-0.15, -0.1) is 0 Å². The van der Waals surface area contributed by atoms with E-state index in [0.29, 0.717) is 6.42 Å². The molecule has 120 valence electrons. The third-order valence-corrected chi connectivity index (χ3v) is 4.05. The van der Waals surface area contributed by atoms with E-state index < -0.39 is 11.9 Å². The second-order valence-corrected chi connectivity index (χ2v) is 5.61. The highest BCUT2D eigenvalue weighted by atomic mass is 19.1. The molecule has 0 aromatic heterocycles. The topological polar surface area (TPSA) is 96.2 Å². The van der Waals surface area contributed by atoms with Crippen LogP contribution in [0.4, 0.5) is 9.18 Å². The number of carbonyl (C=O) groups excluding carboxylic acids is 2. The number of rotatable bonds is 2. The van der Waals surface area contributed by atoms with Crippen molar-refractivity contribution < 1.29 is 14.0 Å². The Morgan fingerprint density at radius 1 is 1.39 bits per heavy atom. The van der Waals surface area contributed by atoms with Gasteiger partial charge in [-0.2, -0.15) is 0 Å². The maximum atomic E-state index is 13.5. The van der Waals surface area contributed by atoms with Crippen molar-refractivity contribution in [1.82, 2.24) is 16.0 Å². The fourth-order valence-corrected chi connectivity index (χ4v) is 2.90. The van der Waals surface area contributed by atoms with Crippen LogP contribution in [0.3, 0.4) is 0 Å². The number of aryl methyl sites for hydroxylation is 1. The molecular formula is C16H17FN4O2. The zero-order valence-electron chi connectivity index (χ0n) is 12.4. The van der Waals surface area contributed by atoms with Crippen molar-refractivity contribution in [3.05, 3.63) is 58.8 Å². The summed E-state index contributed by atoms with van der Waals surface area (Å²) in [6.45, 7) is 3.59. The summed E-state index contributed by atoms with van der Waals surface area (Å²) < 4.78 is 13.5. The third-order valence-electron chi connectivity index (χ3n) is 4.05. The molecule has 0 bridgehead atoms. The van der Waals surface area contributed by atoms with Crippen LogP contribution in [0.1, 0.15) is 30.0 Å². The van der Waals surface area contributed by atoms with Crippen LogP contribution >= 0.6 is 0 Å². The first-order valence-electron chi connectivity index (χ1n) is 7.32. The number of halogens is 1. The third kappa shape index (κ3) is 2.90. The number of benzene rings is 1. The maximum absolute atomic E-state index is 13.5. The van der Waals surface area contributed by atoms with E-state index in [1.165, 1.54) is 12.1 Å². The molecule has 2 aliphatic rings. The fraction of sp³-hybridized carbons (Fsp3) is 0.250. The largest absolute Gasteiger partial charge is 0.395 e. The van der Waals surface area contributed by atoms with Gasteiger partial charge in [0.25, 0.3) is 5.91 Å². The Morgan fingerprint density at radius 3 is 2.96 bits per heavy atom. The molecule has 1 atom stereocenters. The number of carbonyl (C=O) groups is 2. The molecule has 1 aliphatic carbocycles. The summed E-state index contributed by atoms with van der Waals surface area (Å²) in [5, 5.41) is 7.58. The second kappa shape index (κ2) is 5.75. The van der Waals surface area contributed by atoms with E-state index in [1.807, 2.05) is 0 Å². The molecule has 0 spiro atoms. The Labute approximate surface area is 132 Å². The Balaban J connectivity index is 1.85. The molecule has 6 nitrogen and oxygen atoms in total. The Hall–Kier alpha value is -2.83. The van der Waals surface area contributed by atoms with Crippen LogP contribution in [-0.4, -0.2) is 11.9 Å². The van der Waals surface area contributed by atoms with Crippen molar-refractivity contribution in [2.24, 2.45) is 5.73 Å². The molecule has 0 fully saturated rings. The number of amides is 3. The van der Waals surface area contributed by atoms with Crippen molar-refractivity contribution in [2.45, 2.75) is 25.3 Å². The molecule has 5 N–H and O–H groups in total. The highest BCUT2D eigenvalue weighted by Gasteiger charge is 2.28. The molecule has 0 radical (unpaired) electrons. The van der Waals surface area contributed by atoms with E-state index >= 15 is 0 Å². The Kier molecular flexibility index (Phi) is 3.77. The van der Waals surface area contributed by atoms with Gasteiger partial charge < -0.3 is 21.7 Å². The van der Waals surface area contributed by atoms with Gasteiger partial charge in [0.1, 0.15) is 11.5 Å². The minimum atomic E-state index is -0.565. The van der Waals surface area contributed by atoms with Crippen molar-refractivity contribution in [2.75, 3.05) is 0 Å². The van der Waals surface area contributed by atoms with E-state index in [-0.39, 0.29) is 29.0 Å². The molecular weight excluding hydrogens is 299 g/mol. The smallest absolute Gasteiger partial charge is 0.323 e. The second-order valence-electron chi connectivity index (χ2n) is 5.61. The summed E-state index contributed by atoms with van der Waals surface area (Å²) in [4.78, 5) is 23.9. The summed E-state index contributed by atoms with van der Waals surface area (Å²) >= 11 is 0. The fourth-order valence-electron chi connectivity index (χ4n) is 2.90. The summed E-state index contributed by atoms with van der Waals surface area (Å²) in [6, 6.07) is 3.72. The van der Waals surface area contributed by atoms with Gasteiger partial charge in [-0.25, -0.2) is 9.18 Å². The molecule has 1 aliphatic heterocycles. The van der Waals surface area contributed by atoms with Crippen molar-refractivity contribution in [1.29, 1.82) is 0 Å². The monoisotopic (exact) mass is 316 g/mol. The Bertz CT molecular complexity index is 742. The van der Waals surface area contributed by atoms with Crippen molar-refractivity contribution in [3.8, 4) is 0 Å².